The Kier molecular flexibility index (Phi) is 6.46. The van der Waals surface area contributed by atoms with Gasteiger partial charge in [0.2, 0.25) is 11.5 Å². The zero-order chi connectivity index (χ0) is 19.9. The number of aliphatic imine (C=N–C) groups is 1. The molecule has 9 nitrogen and oxygen atoms in total. The molecule has 150 valence electrons. The molecule has 0 radical (unpaired) electrons. The van der Waals surface area contributed by atoms with E-state index < -0.39 is 0 Å². The van der Waals surface area contributed by atoms with E-state index in [1.165, 1.54) is 0 Å². The van der Waals surface area contributed by atoms with E-state index in [4.69, 9.17) is 0 Å². The summed E-state index contributed by atoms with van der Waals surface area (Å²) in [6.45, 7) is 3.03. The lowest BCUT2D eigenvalue weighted by molar-refractivity contribution is -0.120. The number of rotatable bonds is 6. The van der Waals surface area contributed by atoms with E-state index in [-0.39, 0.29) is 18.0 Å². The molecule has 0 aliphatic carbocycles. The second-order valence-electron chi connectivity index (χ2n) is 6.75. The molecule has 0 atom stereocenters. The zero-order valence-corrected chi connectivity index (χ0v) is 16.4. The van der Waals surface area contributed by atoms with Crippen molar-refractivity contribution >= 4 is 17.6 Å². The van der Waals surface area contributed by atoms with E-state index in [2.05, 4.69) is 15.4 Å². The van der Waals surface area contributed by atoms with Crippen molar-refractivity contribution in [2.24, 2.45) is 12.0 Å². The lowest BCUT2D eigenvalue weighted by Crippen LogP contribution is -2.55. The van der Waals surface area contributed by atoms with Crippen LogP contribution in [0.2, 0.25) is 0 Å². The smallest absolute Gasteiger partial charge is 0.250 e. The number of anilines is 1. The number of pyridine rings is 1. The highest BCUT2D eigenvalue weighted by Crippen LogP contribution is 2.16. The first-order valence-electron chi connectivity index (χ1n) is 9.48. The molecule has 0 aromatic carbocycles. The van der Waals surface area contributed by atoms with Crippen molar-refractivity contribution in [1.29, 1.82) is 0 Å². The average molecular weight is 385 g/mol. The quantitative estimate of drug-likeness (QED) is 0.439. The molecule has 28 heavy (non-hydrogen) atoms. The van der Waals surface area contributed by atoms with Crippen LogP contribution < -0.4 is 15.8 Å². The molecule has 3 rings (SSSR count). The van der Waals surface area contributed by atoms with Gasteiger partial charge in [0, 0.05) is 58.7 Å². The third-order valence-corrected chi connectivity index (χ3v) is 4.74. The van der Waals surface area contributed by atoms with Gasteiger partial charge in [0.15, 0.2) is 5.96 Å². The van der Waals surface area contributed by atoms with Crippen LogP contribution in [0.1, 0.15) is 12.8 Å². The van der Waals surface area contributed by atoms with Gasteiger partial charge in [-0.2, -0.15) is 5.10 Å². The largest absolute Gasteiger partial charge is 0.356 e. The number of hydrogen-bond acceptors (Lipinski definition) is 4. The van der Waals surface area contributed by atoms with Crippen molar-refractivity contribution in [2.75, 3.05) is 38.1 Å². The van der Waals surface area contributed by atoms with Gasteiger partial charge in [0.05, 0.1) is 11.9 Å². The summed E-state index contributed by atoms with van der Waals surface area (Å²) in [6.07, 6.45) is 7.16. The Morgan fingerprint density at radius 2 is 2.11 bits per heavy atom. The number of piperazine rings is 1. The minimum atomic E-state index is 0.0243. The number of nitrogens with one attached hydrogen (secondary N) is 1. The maximum absolute atomic E-state index is 12.5. The fraction of sp³-hybridized carbons (Fsp3) is 0.474. The van der Waals surface area contributed by atoms with Gasteiger partial charge in [-0.05, 0) is 18.9 Å². The second-order valence-corrected chi connectivity index (χ2v) is 6.75. The Bertz CT molecular complexity index is 886. The minimum Gasteiger partial charge on any atom is -0.356 e. The molecule has 1 N–H and O–H groups in total. The van der Waals surface area contributed by atoms with Gasteiger partial charge in [-0.3, -0.25) is 19.3 Å². The van der Waals surface area contributed by atoms with Crippen molar-refractivity contribution < 1.29 is 4.79 Å². The number of guanidine groups is 1. The van der Waals surface area contributed by atoms with Gasteiger partial charge in [-0.15, -0.1) is 0 Å². The van der Waals surface area contributed by atoms with Crippen molar-refractivity contribution in [3.05, 3.63) is 47.1 Å². The number of unbranched alkanes of at least 4 members (excludes halogenated alkanes) is 1. The Balaban J connectivity index is 1.44. The van der Waals surface area contributed by atoms with Crippen LogP contribution in [-0.4, -0.2) is 64.3 Å². The van der Waals surface area contributed by atoms with Crippen molar-refractivity contribution in [3.63, 3.8) is 0 Å². The van der Waals surface area contributed by atoms with Crippen molar-refractivity contribution in [1.82, 2.24) is 24.6 Å². The summed E-state index contributed by atoms with van der Waals surface area (Å²) in [4.78, 5) is 32.3. The molecule has 2 aromatic rings. The molecule has 0 unspecified atom stereocenters. The SMILES string of the molecule is CN=C(NCCCCn1ccccc1=O)N1CCN(c2cnn(C)c2)C(=O)C1. The fourth-order valence-corrected chi connectivity index (χ4v) is 3.26. The van der Waals surface area contributed by atoms with Crippen LogP contribution >= 0.6 is 0 Å². The predicted molar refractivity (Wildman–Crippen MR) is 108 cm³/mol. The Morgan fingerprint density at radius 3 is 2.79 bits per heavy atom. The lowest BCUT2D eigenvalue weighted by Gasteiger charge is -2.35. The summed E-state index contributed by atoms with van der Waals surface area (Å²) in [5.41, 5.74) is 0.850. The van der Waals surface area contributed by atoms with E-state index in [0.717, 1.165) is 31.0 Å². The average Bonchev–Trinajstić information content (AvgIpc) is 3.12. The Labute approximate surface area is 164 Å². The van der Waals surface area contributed by atoms with Crippen LogP contribution in [0.4, 0.5) is 5.69 Å². The molecule has 1 fully saturated rings. The normalized spacial score (nSPS) is 15.2. The Morgan fingerprint density at radius 1 is 1.25 bits per heavy atom. The maximum Gasteiger partial charge on any atom is 0.250 e. The molecular formula is C19H27N7O2. The molecule has 1 aliphatic rings. The lowest BCUT2D eigenvalue weighted by atomic mass is 10.3. The number of aryl methyl sites for hydroxylation is 2. The molecule has 9 heteroatoms. The van der Waals surface area contributed by atoms with Gasteiger partial charge in [-0.25, -0.2) is 0 Å². The Hall–Kier alpha value is -3.10. The van der Waals surface area contributed by atoms with Gasteiger partial charge < -0.3 is 19.7 Å². The van der Waals surface area contributed by atoms with E-state index >= 15 is 0 Å². The van der Waals surface area contributed by atoms with Gasteiger partial charge in [0.25, 0.3) is 0 Å². The predicted octanol–water partition coefficient (Wildman–Crippen LogP) is 0.286. The van der Waals surface area contributed by atoms with Crippen molar-refractivity contribution in [2.45, 2.75) is 19.4 Å². The summed E-state index contributed by atoms with van der Waals surface area (Å²) in [7, 11) is 3.56. The van der Waals surface area contributed by atoms with Crippen LogP contribution in [0.15, 0.2) is 46.6 Å². The summed E-state index contributed by atoms with van der Waals surface area (Å²) in [5, 5.41) is 7.45. The van der Waals surface area contributed by atoms with Crippen LogP contribution in [0.25, 0.3) is 0 Å². The van der Waals surface area contributed by atoms with E-state index in [1.54, 1.807) is 39.5 Å². The summed E-state index contributed by atoms with van der Waals surface area (Å²) in [6, 6.07) is 5.19. The van der Waals surface area contributed by atoms with E-state index in [1.807, 2.05) is 30.4 Å². The number of amides is 1. The second kappa shape index (κ2) is 9.20. The van der Waals surface area contributed by atoms with Gasteiger partial charge in [0.1, 0.15) is 6.54 Å². The first kappa shape index (κ1) is 19.7. The van der Waals surface area contributed by atoms with Crippen LogP contribution in [0.3, 0.4) is 0 Å². The molecule has 1 amide bonds. The highest BCUT2D eigenvalue weighted by atomic mass is 16.2. The molecular weight excluding hydrogens is 358 g/mol. The third kappa shape index (κ3) is 4.79. The summed E-state index contributed by atoms with van der Waals surface area (Å²) < 4.78 is 3.41. The van der Waals surface area contributed by atoms with E-state index in [0.29, 0.717) is 19.6 Å². The number of aromatic nitrogens is 3. The number of nitrogens with zero attached hydrogens (tertiary/aromatic N) is 6. The van der Waals surface area contributed by atoms with Crippen LogP contribution in [0.5, 0.6) is 0 Å². The molecule has 3 heterocycles. The number of carbonyl (C=O) groups excluding carboxylic acids is 1. The van der Waals surface area contributed by atoms with E-state index in [9.17, 15) is 9.59 Å². The maximum atomic E-state index is 12.5. The zero-order valence-electron chi connectivity index (χ0n) is 16.4. The molecule has 0 bridgehead atoms. The highest BCUT2D eigenvalue weighted by Gasteiger charge is 2.27. The number of hydrogen-bond donors (Lipinski definition) is 1. The molecule has 0 saturated carbocycles. The minimum absolute atomic E-state index is 0.0243. The van der Waals surface area contributed by atoms with Crippen LogP contribution in [-0.2, 0) is 18.4 Å². The molecule has 2 aromatic heterocycles. The third-order valence-electron chi connectivity index (χ3n) is 4.74. The topological polar surface area (TPSA) is 87.8 Å². The summed E-state index contributed by atoms with van der Waals surface area (Å²) >= 11 is 0. The first-order valence-corrected chi connectivity index (χ1v) is 9.48. The highest BCUT2D eigenvalue weighted by molar-refractivity contribution is 5.98. The van der Waals surface area contributed by atoms with Crippen LogP contribution in [0, 0.1) is 0 Å². The van der Waals surface area contributed by atoms with Crippen molar-refractivity contribution in [3.8, 4) is 0 Å². The van der Waals surface area contributed by atoms with Gasteiger partial charge >= 0.3 is 0 Å². The molecule has 0 spiro atoms. The first-order chi connectivity index (χ1) is 13.6. The molecule has 1 aliphatic heterocycles. The summed E-state index contributed by atoms with van der Waals surface area (Å²) in [5.74, 6) is 0.765. The number of carbonyl (C=O) groups is 1. The van der Waals surface area contributed by atoms with Gasteiger partial charge in [-0.1, -0.05) is 6.07 Å². The fourth-order valence-electron chi connectivity index (χ4n) is 3.26. The monoisotopic (exact) mass is 385 g/mol. The standard InChI is InChI=1S/C19H27N7O2/c1-20-19(21-8-4-6-10-24-9-5-3-7-17(24)27)25-11-12-26(18(28)15-25)16-13-22-23(2)14-16/h3,5,7,9,13-14H,4,6,8,10-12,15H2,1-2H3,(H,20,21). The molecule has 1 saturated heterocycles.